The van der Waals surface area contributed by atoms with Crippen LogP contribution in [0.15, 0.2) is 35.0 Å². The molecule has 3 atom stereocenters. The van der Waals surface area contributed by atoms with E-state index in [0.717, 1.165) is 62.7 Å². The van der Waals surface area contributed by atoms with Crippen molar-refractivity contribution in [3.8, 4) is 11.3 Å². The molecule has 0 amide bonds. The molecule has 2 bridgehead atoms. The van der Waals surface area contributed by atoms with E-state index in [0.29, 0.717) is 22.8 Å². The standard InChI is InChI=1S/C30H31F2N3O4/c1-37-30(36)18-11-22(16-5-6-16)29(33-14-18)35-19-9-10-20(35)13-21(12-19)38-15-23-27(34-39-28(23)17-7-8-17)26-24(31)3-2-4-25(26)32/h2-4,11,14,16-17,19-21H,5-10,12-13,15H2,1H3/t19-,20+,21+. The number of ether oxygens (including phenoxy) is 2. The number of methoxy groups -OCH3 is 1. The minimum atomic E-state index is -0.657. The topological polar surface area (TPSA) is 77.7 Å². The Bertz CT molecular complexity index is 1380. The molecule has 2 aliphatic carbocycles. The maximum Gasteiger partial charge on any atom is 0.339 e. The highest BCUT2D eigenvalue weighted by molar-refractivity contribution is 5.89. The third-order valence-corrected chi connectivity index (χ3v) is 8.70. The highest BCUT2D eigenvalue weighted by Crippen LogP contribution is 2.49. The molecular weight excluding hydrogens is 504 g/mol. The SMILES string of the molecule is COC(=O)c1cnc(N2[C@@H]3CC[C@H]2C[C@@H](OCc2c(-c4c(F)cccc4F)noc2C2CC2)C3)c(C2CC2)c1. The maximum atomic E-state index is 14.6. The number of anilines is 1. The van der Waals surface area contributed by atoms with E-state index in [2.05, 4.69) is 10.1 Å². The number of fused-ring (bicyclic) bond motifs is 2. The van der Waals surface area contributed by atoms with Gasteiger partial charge in [0.15, 0.2) is 0 Å². The summed E-state index contributed by atoms with van der Waals surface area (Å²) in [5, 5.41) is 4.10. The number of nitrogens with zero attached hydrogens (tertiary/aromatic N) is 3. The molecule has 0 spiro atoms. The van der Waals surface area contributed by atoms with Gasteiger partial charge >= 0.3 is 5.97 Å². The van der Waals surface area contributed by atoms with E-state index in [1.54, 1.807) is 6.20 Å². The molecule has 4 aliphatic rings. The Kier molecular flexibility index (Phi) is 6.14. The van der Waals surface area contributed by atoms with Gasteiger partial charge in [0.25, 0.3) is 0 Å². The van der Waals surface area contributed by atoms with Crippen LogP contribution in [-0.2, 0) is 16.1 Å². The second kappa shape index (κ2) is 9.70. The van der Waals surface area contributed by atoms with Crippen molar-refractivity contribution in [2.75, 3.05) is 12.0 Å². The monoisotopic (exact) mass is 535 g/mol. The molecule has 1 aromatic carbocycles. The summed E-state index contributed by atoms with van der Waals surface area (Å²) < 4.78 is 46.3. The lowest BCUT2D eigenvalue weighted by molar-refractivity contribution is 0.0145. The summed E-state index contributed by atoms with van der Waals surface area (Å²) in [5.74, 6) is 0.682. The zero-order valence-corrected chi connectivity index (χ0v) is 21.9. The van der Waals surface area contributed by atoms with Crippen molar-refractivity contribution < 1.29 is 27.6 Å². The Hall–Kier alpha value is -3.33. The van der Waals surface area contributed by atoms with Crippen LogP contribution in [0.1, 0.15) is 90.4 Å². The fraction of sp³-hybridized carbons (Fsp3) is 0.500. The number of carbonyl (C=O) groups is 1. The molecule has 9 heteroatoms. The second-order valence-corrected chi connectivity index (χ2v) is 11.3. The van der Waals surface area contributed by atoms with Crippen molar-refractivity contribution in [3.05, 3.63) is 64.5 Å². The van der Waals surface area contributed by atoms with E-state index in [-0.39, 0.29) is 47.9 Å². The van der Waals surface area contributed by atoms with Gasteiger partial charge in [-0.2, -0.15) is 0 Å². The number of piperidine rings is 1. The predicted molar refractivity (Wildman–Crippen MR) is 138 cm³/mol. The molecular formula is C30H31F2N3O4. The zero-order chi connectivity index (χ0) is 26.7. The van der Waals surface area contributed by atoms with Crippen molar-refractivity contribution in [3.63, 3.8) is 0 Å². The van der Waals surface area contributed by atoms with Gasteiger partial charge in [0.2, 0.25) is 0 Å². The van der Waals surface area contributed by atoms with Crippen molar-refractivity contribution in [1.82, 2.24) is 10.1 Å². The molecule has 7 rings (SSSR count). The lowest BCUT2D eigenvalue weighted by Gasteiger charge is -2.40. The van der Waals surface area contributed by atoms with Crippen LogP contribution in [0.25, 0.3) is 11.3 Å². The van der Waals surface area contributed by atoms with Crippen LogP contribution in [-0.4, -0.2) is 41.4 Å². The summed E-state index contributed by atoms with van der Waals surface area (Å²) >= 11 is 0. The highest BCUT2D eigenvalue weighted by Gasteiger charge is 2.44. The minimum Gasteiger partial charge on any atom is -0.465 e. The van der Waals surface area contributed by atoms with Gasteiger partial charge in [0.1, 0.15) is 28.9 Å². The van der Waals surface area contributed by atoms with E-state index in [4.69, 9.17) is 19.0 Å². The average Bonchev–Trinajstić information content (AvgIpc) is 3.87. The normalized spacial score (nSPS) is 24.3. The smallest absolute Gasteiger partial charge is 0.339 e. The first-order valence-electron chi connectivity index (χ1n) is 13.9. The largest absolute Gasteiger partial charge is 0.465 e. The number of hydrogen-bond acceptors (Lipinski definition) is 7. The fourth-order valence-corrected chi connectivity index (χ4v) is 6.47. The first-order chi connectivity index (χ1) is 19.0. The van der Waals surface area contributed by atoms with Crippen LogP contribution in [0.5, 0.6) is 0 Å². The van der Waals surface area contributed by atoms with Crippen LogP contribution in [0, 0.1) is 11.6 Å². The molecule has 4 heterocycles. The third kappa shape index (κ3) is 4.50. The zero-order valence-electron chi connectivity index (χ0n) is 21.9. The van der Waals surface area contributed by atoms with Gasteiger partial charge in [-0.3, -0.25) is 0 Å². The number of halogens is 2. The van der Waals surface area contributed by atoms with E-state index in [9.17, 15) is 13.6 Å². The molecule has 4 fully saturated rings. The molecule has 39 heavy (non-hydrogen) atoms. The van der Waals surface area contributed by atoms with E-state index < -0.39 is 11.6 Å². The van der Waals surface area contributed by atoms with E-state index >= 15 is 0 Å². The van der Waals surface area contributed by atoms with Crippen LogP contribution >= 0.6 is 0 Å². The molecule has 2 aromatic heterocycles. The summed E-state index contributed by atoms with van der Waals surface area (Å²) in [6.45, 7) is 0.210. The molecule has 0 radical (unpaired) electrons. The lowest BCUT2D eigenvalue weighted by atomic mass is 9.97. The van der Waals surface area contributed by atoms with Crippen molar-refractivity contribution in [2.24, 2.45) is 0 Å². The molecule has 2 aliphatic heterocycles. The Morgan fingerprint density at radius 3 is 2.38 bits per heavy atom. The van der Waals surface area contributed by atoms with Gasteiger partial charge in [-0.05, 0) is 81.0 Å². The van der Waals surface area contributed by atoms with Gasteiger partial charge in [-0.25, -0.2) is 18.6 Å². The number of aromatic nitrogens is 2. The van der Waals surface area contributed by atoms with Gasteiger partial charge in [-0.1, -0.05) is 11.2 Å². The average molecular weight is 536 g/mol. The number of carbonyl (C=O) groups excluding carboxylic acids is 1. The molecule has 0 N–H and O–H groups in total. The fourth-order valence-electron chi connectivity index (χ4n) is 6.47. The van der Waals surface area contributed by atoms with Crippen molar-refractivity contribution in [2.45, 2.75) is 88.0 Å². The van der Waals surface area contributed by atoms with Crippen LogP contribution < -0.4 is 4.90 Å². The number of hydrogen-bond donors (Lipinski definition) is 0. The van der Waals surface area contributed by atoms with E-state index in [1.807, 2.05) is 6.07 Å². The summed E-state index contributed by atoms with van der Waals surface area (Å²) in [6, 6.07) is 6.37. The Morgan fingerprint density at radius 1 is 1.05 bits per heavy atom. The molecule has 204 valence electrons. The predicted octanol–water partition coefficient (Wildman–Crippen LogP) is 6.27. The van der Waals surface area contributed by atoms with Gasteiger partial charge in [-0.15, -0.1) is 0 Å². The van der Waals surface area contributed by atoms with Gasteiger partial charge in [0.05, 0.1) is 30.9 Å². The molecule has 7 nitrogen and oxygen atoms in total. The van der Waals surface area contributed by atoms with Crippen LogP contribution in [0.3, 0.4) is 0 Å². The van der Waals surface area contributed by atoms with Crippen LogP contribution in [0.4, 0.5) is 14.6 Å². The van der Waals surface area contributed by atoms with E-state index in [1.165, 1.54) is 25.3 Å². The molecule has 2 saturated heterocycles. The van der Waals surface area contributed by atoms with Crippen molar-refractivity contribution >= 4 is 11.8 Å². The molecule has 3 aromatic rings. The minimum absolute atomic E-state index is 0.0118. The highest BCUT2D eigenvalue weighted by atomic mass is 19.1. The number of rotatable bonds is 8. The molecule has 0 unspecified atom stereocenters. The second-order valence-electron chi connectivity index (χ2n) is 11.3. The Balaban J connectivity index is 1.11. The Labute approximate surface area is 225 Å². The summed E-state index contributed by atoms with van der Waals surface area (Å²) in [7, 11) is 1.39. The number of pyridine rings is 1. The van der Waals surface area contributed by atoms with Gasteiger partial charge in [0, 0.05) is 29.8 Å². The summed E-state index contributed by atoms with van der Waals surface area (Å²) in [6.07, 6.45) is 9.62. The number of benzene rings is 1. The third-order valence-electron chi connectivity index (χ3n) is 8.70. The summed E-state index contributed by atoms with van der Waals surface area (Å²) in [4.78, 5) is 19.4. The quantitative estimate of drug-likeness (QED) is 0.315. The lowest BCUT2D eigenvalue weighted by Crippen LogP contribution is -2.46. The maximum absolute atomic E-state index is 14.6. The van der Waals surface area contributed by atoms with Crippen molar-refractivity contribution in [1.29, 1.82) is 0 Å². The summed E-state index contributed by atoms with van der Waals surface area (Å²) in [5.41, 5.74) is 2.35. The molecule has 2 saturated carbocycles. The Morgan fingerprint density at radius 2 is 1.74 bits per heavy atom. The number of esters is 1. The first-order valence-corrected chi connectivity index (χ1v) is 13.9. The van der Waals surface area contributed by atoms with Crippen LogP contribution in [0.2, 0.25) is 0 Å². The first kappa shape index (κ1) is 24.7. The van der Waals surface area contributed by atoms with Gasteiger partial charge < -0.3 is 18.9 Å².